The predicted molar refractivity (Wildman–Crippen MR) is 270 cm³/mol. The molecule has 0 radical (unpaired) electrons. The van der Waals surface area contributed by atoms with Crippen molar-refractivity contribution in [3.63, 3.8) is 0 Å². The Morgan fingerprint density at radius 2 is 1.26 bits per heavy atom. The zero-order valence-electron chi connectivity index (χ0n) is 41.5. The zero-order chi connectivity index (χ0) is 47.1. The second kappa shape index (κ2) is 34.2. The molecular formula is C55H87FN2O6S. The second-order valence-electron chi connectivity index (χ2n) is 17.9. The number of halogens is 1. The number of unbranched alkanes of at least 4 members (excludes halogenated alkanes) is 14. The highest BCUT2D eigenvalue weighted by Crippen LogP contribution is 2.44. The van der Waals surface area contributed by atoms with Gasteiger partial charge in [-0.1, -0.05) is 117 Å². The number of benzene rings is 2. The SMILES string of the molecule is CCCCCCCCOC(CCCCC(=O)N(CCCCCCOC(=O)CC1=C(C)/C(=C/c2ccc(S(C)=O)cc2)c2ccc(F)cc21)CCCN(CC)CC)OCCCCCCCC. The molecule has 0 saturated heterocycles. The van der Waals surface area contributed by atoms with Crippen molar-refractivity contribution in [2.24, 2.45) is 0 Å². The van der Waals surface area contributed by atoms with Gasteiger partial charge in [-0.3, -0.25) is 13.8 Å². The number of hydrogen-bond donors (Lipinski definition) is 0. The highest BCUT2D eigenvalue weighted by molar-refractivity contribution is 7.84. The van der Waals surface area contributed by atoms with Crippen LogP contribution in [0, 0.1) is 5.82 Å². The molecule has 0 spiro atoms. The molecule has 0 aromatic heterocycles. The van der Waals surface area contributed by atoms with Crippen LogP contribution in [0.2, 0.25) is 0 Å². The first-order valence-electron chi connectivity index (χ1n) is 25.7. The summed E-state index contributed by atoms with van der Waals surface area (Å²) in [5, 5.41) is 0. The van der Waals surface area contributed by atoms with Crippen LogP contribution in [0.5, 0.6) is 0 Å². The number of hydrogen-bond acceptors (Lipinski definition) is 7. The van der Waals surface area contributed by atoms with Gasteiger partial charge in [-0.25, -0.2) is 4.39 Å². The monoisotopic (exact) mass is 923 g/mol. The van der Waals surface area contributed by atoms with Crippen LogP contribution in [0.4, 0.5) is 4.39 Å². The van der Waals surface area contributed by atoms with Crippen LogP contribution in [0.15, 0.2) is 52.9 Å². The Morgan fingerprint density at radius 3 is 1.88 bits per heavy atom. The Morgan fingerprint density at radius 1 is 0.677 bits per heavy atom. The minimum Gasteiger partial charge on any atom is -0.465 e. The largest absolute Gasteiger partial charge is 0.465 e. The molecule has 8 nitrogen and oxygen atoms in total. The summed E-state index contributed by atoms with van der Waals surface area (Å²) in [5.41, 5.74) is 5.19. The Labute approximate surface area is 397 Å². The van der Waals surface area contributed by atoms with E-state index in [-0.39, 0.29) is 30.4 Å². The summed E-state index contributed by atoms with van der Waals surface area (Å²) in [4.78, 5) is 32.0. The number of rotatable bonds is 38. The van der Waals surface area contributed by atoms with Gasteiger partial charge >= 0.3 is 5.97 Å². The molecule has 65 heavy (non-hydrogen) atoms. The fourth-order valence-electron chi connectivity index (χ4n) is 8.58. The number of nitrogens with zero attached hydrogens (tertiary/aromatic N) is 2. The normalized spacial score (nSPS) is 13.6. The van der Waals surface area contributed by atoms with Gasteiger partial charge in [0.05, 0.1) is 13.0 Å². The Hall–Kier alpha value is -3.18. The lowest BCUT2D eigenvalue weighted by Crippen LogP contribution is -2.35. The molecule has 0 N–H and O–H groups in total. The smallest absolute Gasteiger partial charge is 0.310 e. The molecule has 0 saturated carbocycles. The maximum absolute atomic E-state index is 14.5. The van der Waals surface area contributed by atoms with Gasteiger partial charge < -0.3 is 24.0 Å². The van der Waals surface area contributed by atoms with Gasteiger partial charge in [-0.15, -0.1) is 0 Å². The standard InChI is InChI=1S/C55H87FN2O6S/c1-7-11-13-15-18-25-40-63-55(64-41-26-19-16-14-12-8-2)29-22-21-28-53(59)58(38-27-36-57(9-3)10-4)37-23-17-20-24-39-62-54(60)44-51-45(5)50(49-35-32-47(56)43-52(49)51)42-46-30-33-48(34-31-46)65(6)61/h30-35,42-43,55H,7-29,36-41,44H2,1-6H3/b50-42-. The van der Waals surface area contributed by atoms with E-state index >= 15 is 0 Å². The van der Waals surface area contributed by atoms with Gasteiger partial charge in [-0.05, 0) is 148 Å². The number of amides is 1. The molecule has 1 aliphatic carbocycles. The molecule has 0 heterocycles. The van der Waals surface area contributed by atoms with Crippen LogP contribution in [0.1, 0.15) is 193 Å². The maximum atomic E-state index is 14.5. The van der Waals surface area contributed by atoms with Crippen LogP contribution < -0.4 is 0 Å². The van der Waals surface area contributed by atoms with Crippen LogP contribution in [-0.4, -0.2) is 91.0 Å². The third-order valence-electron chi connectivity index (χ3n) is 12.7. The van der Waals surface area contributed by atoms with Gasteiger partial charge in [0.2, 0.25) is 5.91 Å². The lowest BCUT2D eigenvalue weighted by atomic mass is 10.0. The average Bonchev–Trinajstić information content (AvgIpc) is 3.54. The van der Waals surface area contributed by atoms with Gasteiger partial charge in [0, 0.05) is 54.7 Å². The molecule has 3 rings (SSSR count). The number of ether oxygens (including phenoxy) is 3. The van der Waals surface area contributed by atoms with Crippen LogP contribution in [-0.2, 0) is 34.6 Å². The van der Waals surface area contributed by atoms with Gasteiger partial charge in [0.1, 0.15) is 5.82 Å². The van der Waals surface area contributed by atoms with Crippen molar-refractivity contribution in [1.82, 2.24) is 9.80 Å². The van der Waals surface area contributed by atoms with Crippen molar-refractivity contribution in [3.05, 3.63) is 70.5 Å². The number of carbonyl (C=O) groups is 2. The summed E-state index contributed by atoms with van der Waals surface area (Å²) in [6, 6.07) is 12.3. The molecule has 1 aliphatic rings. The van der Waals surface area contributed by atoms with E-state index in [0.717, 1.165) is 148 Å². The number of allylic oxidation sites excluding steroid dienone is 2. The molecule has 2 aromatic carbocycles. The van der Waals surface area contributed by atoms with E-state index in [0.29, 0.717) is 13.0 Å². The minimum absolute atomic E-state index is 0.0665. The lowest BCUT2D eigenvalue weighted by molar-refractivity contribution is -0.148. The molecule has 366 valence electrons. The summed E-state index contributed by atoms with van der Waals surface area (Å²) < 4.78 is 44.6. The van der Waals surface area contributed by atoms with Gasteiger partial charge in [-0.2, -0.15) is 0 Å². The highest BCUT2D eigenvalue weighted by Gasteiger charge is 2.26. The predicted octanol–water partition coefficient (Wildman–Crippen LogP) is 13.6. The second-order valence-corrected chi connectivity index (χ2v) is 19.3. The quantitative estimate of drug-likeness (QED) is 0.0377. The van der Waals surface area contributed by atoms with E-state index in [1.54, 1.807) is 12.3 Å². The van der Waals surface area contributed by atoms with Crippen molar-refractivity contribution in [3.8, 4) is 0 Å². The van der Waals surface area contributed by atoms with E-state index in [2.05, 4.69) is 37.5 Å². The summed E-state index contributed by atoms with van der Waals surface area (Å²) in [7, 11) is -1.06. The molecule has 1 atom stereocenters. The van der Waals surface area contributed by atoms with Gasteiger partial charge in [0.25, 0.3) is 0 Å². The van der Waals surface area contributed by atoms with Crippen molar-refractivity contribution in [2.45, 2.75) is 187 Å². The minimum atomic E-state index is -1.06. The lowest BCUT2D eigenvalue weighted by Gasteiger charge is -2.25. The molecule has 1 unspecified atom stereocenters. The molecule has 10 heteroatoms. The third kappa shape index (κ3) is 22.4. The van der Waals surface area contributed by atoms with Crippen LogP contribution in [0.25, 0.3) is 17.2 Å². The number of carbonyl (C=O) groups excluding carboxylic acids is 2. The van der Waals surface area contributed by atoms with E-state index in [9.17, 15) is 18.2 Å². The highest BCUT2D eigenvalue weighted by atomic mass is 32.2. The first-order chi connectivity index (χ1) is 31.6. The Kier molecular flexibility index (Phi) is 29.5. The fourth-order valence-corrected chi connectivity index (χ4v) is 9.10. The molecule has 1 amide bonds. The summed E-state index contributed by atoms with van der Waals surface area (Å²) in [6.45, 7) is 17.2. The molecule has 2 aromatic rings. The van der Waals surface area contributed by atoms with Gasteiger partial charge in [0.15, 0.2) is 6.29 Å². The summed E-state index contributed by atoms with van der Waals surface area (Å²) in [5.74, 6) is -0.436. The molecule has 0 aliphatic heterocycles. The van der Waals surface area contributed by atoms with Crippen molar-refractivity contribution < 1.29 is 32.4 Å². The van der Waals surface area contributed by atoms with Crippen molar-refractivity contribution in [2.75, 3.05) is 58.8 Å². The van der Waals surface area contributed by atoms with Crippen LogP contribution in [0.3, 0.4) is 0 Å². The summed E-state index contributed by atoms with van der Waals surface area (Å²) in [6.07, 6.45) is 26.0. The van der Waals surface area contributed by atoms with E-state index in [1.807, 2.05) is 37.3 Å². The number of fused-ring (bicyclic) bond motifs is 1. The molecule has 0 bridgehead atoms. The fraction of sp³-hybridized carbons (Fsp3) is 0.673. The Bertz CT molecular complexity index is 1710. The molecular weight excluding hydrogens is 836 g/mol. The third-order valence-corrected chi connectivity index (χ3v) is 13.7. The first-order valence-corrected chi connectivity index (χ1v) is 27.2. The first kappa shape index (κ1) is 56.1. The average molecular weight is 923 g/mol. The van der Waals surface area contributed by atoms with E-state index < -0.39 is 10.8 Å². The van der Waals surface area contributed by atoms with Crippen molar-refractivity contribution >= 4 is 39.9 Å². The maximum Gasteiger partial charge on any atom is 0.310 e. The molecule has 0 fully saturated rings. The van der Waals surface area contributed by atoms with E-state index in [1.165, 1.54) is 76.3 Å². The van der Waals surface area contributed by atoms with Crippen LogP contribution >= 0.6 is 0 Å². The topological polar surface area (TPSA) is 85.4 Å². The number of esters is 1. The Balaban J connectivity index is 1.45. The summed E-state index contributed by atoms with van der Waals surface area (Å²) >= 11 is 0. The zero-order valence-corrected chi connectivity index (χ0v) is 42.4. The van der Waals surface area contributed by atoms with Crippen molar-refractivity contribution in [1.29, 1.82) is 0 Å². The van der Waals surface area contributed by atoms with E-state index in [4.69, 9.17) is 14.2 Å².